The van der Waals surface area contributed by atoms with Crippen LogP contribution in [0, 0.1) is 55.4 Å². The Hall–Kier alpha value is -2.66. The molecule has 2 aromatic carbocycles. The second kappa shape index (κ2) is 16.0. The summed E-state index contributed by atoms with van der Waals surface area (Å²) in [6.07, 6.45) is 2.42. The zero-order valence-corrected chi connectivity index (χ0v) is 19.5. The lowest BCUT2D eigenvalue weighted by Crippen LogP contribution is -1.98. The predicted octanol–water partition coefficient (Wildman–Crippen LogP) is 6.60. The molecule has 0 heterocycles. The molecule has 0 aliphatic heterocycles. The molecule has 2 aromatic rings. The van der Waals surface area contributed by atoms with E-state index in [-0.39, 0.29) is 28.0 Å². The standard InChI is InChI=1S/C12H17NO.C11H14O2.CH5N.3CH4/c1-7-8(2)10(4)12(14)11(6-13-5)9(7)3;1-6-7(2)9(4)11(13)10(5-12)8(6)3;1-2;;;/h6,14H,1-5H3;5,13H,1-4H3;2H2,1H3;3*1H4. The summed E-state index contributed by atoms with van der Waals surface area (Å²) in [7, 11) is 3.21. The van der Waals surface area contributed by atoms with E-state index in [0.29, 0.717) is 17.6 Å². The number of nitrogens with zero attached hydrogens (tertiary/aromatic N) is 1. The van der Waals surface area contributed by atoms with E-state index in [9.17, 15) is 15.0 Å². The van der Waals surface area contributed by atoms with Gasteiger partial charge in [-0.15, -0.1) is 0 Å². The van der Waals surface area contributed by atoms with Crippen molar-refractivity contribution in [3.8, 4) is 11.5 Å². The Bertz CT molecular complexity index is 856. The first-order valence-electron chi connectivity index (χ1n) is 9.54. The van der Waals surface area contributed by atoms with Gasteiger partial charge >= 0.3 is 0 Å². The van der Waals surface area contributed by atoms with Gasteiger partial charge in [-0.1, -0.05) is 22.3 Å². The zero-order chi connectivity index (χ0) is 23.0. The number of aldehydes is 1. The maximum atomic E-state index is 10.7. The highest BCUT2D eigenvalue weighted by Crippen LogP contribution is 2.31. The van der Waals surface area contributed by atoms with Crippen molar-refractivity contribution in [2.75, 3.05) is 14.1 Å². The molecule has 0 aromatic heterocycles. The van der Waals surface area contributed by atoms with Crippen molar-refractivity contribution in [2.24, 2.45) is 10.7 Å². The van der Waals surface area contributed by atoms with E-state index >= 15 is 0 Å². The molecule has 0 saturated heterocycles. The molecule has 5 heteroatoms. The topological polar surface area (TPSA) is 95.9 Å². The van der Waals surface area contributed by atoms with Crippen LogP contribution in [-0.4, -0.2) is 36.8 Å². The lowest BCUT2D eigenvalue weighted by Gasteiger charge is -2.14. The molecule has 2 rings (SSSR count). The van der Waals surface area contributed by atoms with Crippen LogP contribution >= 0.6 is 0 Å². The van der Waals surface area contributed by atoms with Crippen LogP contribution in [0.25, 0.3) is 0 Å². The maximum Gasteiger partial charge on any atom is 0.154 e. The van der Waals surface area contributed by atoms with Gasteiger partial charge in [-0.25, -0.2) is 0 Å². The Kier molecular flexibility index (Phi) is 18.4. The van der Waals surface area contributed by atoms with Crippen LogP contribution in [0.15, 0.2) is 4.99 Å². The molecule has 184 valence electrons. The molecule has 0 fully saturated rings. The molecule has 0 aliphatic rings. The molecular weight excluding hydrogens is 400 g/mol. The van der Waals surface area contributed by atoms with Crippen LogP contribution in [0.5, 0.6) is 11.5 Å². The Morgan fingerprint density at radius 1 is 0.594 bits per heavy atom. The second-order valence-electron chi connectivity index (χ2n) is 7.03. The van der Waals surface area contributed by atoms with Crippen molar-refractivity contribution in [3.05, 3.63) is 55.6 Å². The minimum absolute atomic E-state index is 0. The summed E-state index contributed by atoms with van der Waals surface area (Å²) in [5, 5.41) is 19.6. The molecule has 0 atom stereocenters. The quantitative estimate of drug-likeness (QED) is 0.356. The number of carbonyl (C=O) groups excluding carboxylic acids is 1. The monoisotopic (exact) mass is 448 g/mol. The lowest BCUT2D eigenvalue weighted by molar-refractivity contribution is 0.112. The van der Waals surface area contributed by atoms with Gasteiger partial charge in [0.05, 0.1) is 5.56 Å². The van der Waals surface area contributed by atoms with E-state index in [1.807, 2.05) is 48.5 Å². The summed E-state index contributed by atoms with van der Waals surface area (Å²) in [5.41, 5.74) is 14.0. The number of rotatable bonds is 2. The molecule has 0 bridgehead atoms. The molecule has 0 spiro atoms. The number of hydrogen-bond donors (Lipinski definition) is 3. The highest BCUT2D eigenvalue weighted by Gasteiger charge is 2.13. The van der Waals surface area contributed by atoms with E-state index in [1.54, 1.807) is 13.3 Å². The van der Waals surface area contributed by atoms with Crippen LogP contribution in [0.1, 0.15) is 82.7 Å². The van der Waals surface area contributed by atoms with E-state index in [2.05, 4.69) is 17.6 Å². The molecule has 0 saturated carbocycles. The van der Waals surface area contributed by atoms with Crippen LogP contribution in [0.3, 0.4) is 0 Å². The number of nitrogens with two attached hydrogens (primary N) is 1. The third-order valence-electron chi connectivity index (χ3n) is 5.78. The van der Waals surface area contributed by atoms with Crippen molar-refractivity contribution in [1.29, 1.82) is 0 Å². The average Bonchev–Trinajstić information content (AvgIpc) is 2.73. The van der Waals surface area contributed by atoms with Crippen molar-refractivity contribution in [2.45, 2.75) is 77.7 Å². The molecule has 0 radical (unpaired) electrons. The zero-order valence-electron chi connectivity index (χ0n) is 19.5. The van der Waals surface area contributed by atoms with Gasteiger partial charge in [0, 0.05) is 18.8 Å². The predicted molar refractivity (Wildman–Crippen MR) is 143 cm³/mol. The second-order valence-corrected chi connectivity index (χ2v) is 7.03. The van der Waals surface area contributed by atoms with Gasteiger partial charge in [0.15, 0.2) is 6.29 Å². The minimum Gasteiger partial charge on any atom is -0.507 e. The largest absolute Gasteiger partial charge is 0.507 e. The lowest BCUT2D eigenvalue weighted by atomic mass is 9.94. The highest BCUT2D eigenvalue weighted by atomic mass is 16.3. The number of hydrogen-bond acceptors (Lipinski definition) is 5. The van der Waals surface area contributed by atoms with Crippen LogP contribution in [0.4, 0.5) is 0 Å². The summed E-state index contributed by atoms with van der Waals surface area (Å²) in [5.74, 6) is 0.479. The van der Waals surface area contributed by atoms with E-state index in [4.69, 9.17) is 0 Å². The Labute approximate surface area is 197 Å². The molecule has 32 heavy (non-hydrogen) atoms. The fourth-order valence-electron chi connectivity index (χ4n) is 3.07. The van der Waals surface area contributed by atoms with Crippen molar-refractivity contribution in [3.63, 3.8) is 0 Å². The highest BCUT2D eigenvalue weighted by molar-refractivity contribution is 5.87. The number of phenolic OH excluding ortho intramolecular Hbond substituents is 2. The van der Waals surface area contributed by atoms with Crippen molar-refractivity contribution >= 4 is 12.5 Å². The van der Waals surface area contributed by atoms with Gasteiger partial charge in [-0.05, 0) is 107 Å². The summed E-state index contributed by atoms with van der Waals surface area (Å²) in [6.45, 7) is 15.6. The van der Waals surface area contributed by atoms with E-state index in [1.165, 1.54) is 12.6 Å². The molecule has 4 N–H and O–H groups in total. The number of benzene rings is 2. The summed E-state index contributed by atoms with van der Waals surface area (Å²) < 4.78 is 0. The van der Waals surface area contributed by atoms with E-state index < -0.39 is 0 Å². The Balaban J connectivity index is -0.000000209. The smallest absolute Gasteiger partial charge is 0.154 e. The summed E-state index contributed by atoms with van der Waals surface area (Å²) >= 11 is 0. The first-order valence-corrected chi connectivity index (χ1v) is 9.54. The average molecular weight is 449 g/mol. The third kappa shape index (κ3) is 7.49. The Morgan fingerprint density at radius 2 is 0.875 bits per heavy atom. The van der Waals surface area contributed by atoms with Crippen LogP contribution in [0.2, 0.25) is 0 Å². The minimum atomic E-state index is 0. The fraction of sp³-hybridized carbons (Fsp3) is 0.481. The molecule has 0 amide bonds. The summed E-state index contributed by atoms with van der Waals surface area (Å²) in [4.78, 5) is 14.7. The SMILES string of the molecule is C.C.C.CN.CN=Cc1c(C)c(C)c(C)c(C)c1O.Cc1c(C)c(C)c(C=O)c(O)c1C. The first-order chi connectivity index (χ1) is 13.5. The number of aromatic hydroxyl groups is 2. The van der Waals surface area contributed by atoms with Gasteiger partial charge in [0.1, 0.15) is 11.5 Å². The maximum absolute atomic E-state index is 10.7. The molecule has 5 nitrogen and oxygen atoms in total. The molecule has 0 unspecified atom stereocenters. The van der Waals surface area contributed by atoms with Gasteiger partial charge < -0.3 is 15.9 Å². The van der Waals surface area contributed by atoms with Crippen molar-refractivity contribution < 1.29 is 15.0 Å². The fourth-order valence-corrected chi connectivity index (χ4v) is 3.07. The molecule has 0 aliphatic carbocycles. The van der Waals surface area contributed by atoms with Gasteiger partial charge in [0.2, 0.25) is 0 Å². The summed E-state index contributed by atoms with van der Waals surface area (Å²) in [6, 6.07) is 0. The number of aliphatic imine (C=N–C) groups is 1. The number of phenols is 2. The Morgan fingerprint density at radius 3 is 1.19 bits per heavy atom. The van der Waals surface area contributed by atoms with Crippen LogP contribution < -0.4 is 5.73 Å². The van der Waals surface area contributed by atoms with Gasteiger partial charge in [0.25, 0.3) is 0 Å². The third-order valence-corrected chi connectivity index (χ3v) is 5.78. The van der Waals surface area contributed by atoms with Crippen LogP contribution in [-0.2, 0) is 0 Å². The molecular formula is C27H48N2O3. The van der Waals surface area contributed by atoms with Gasteiger partial charge in [-0.3, -0.25) is 9.79 Å². The normalized spacial score (nSPS) is 9.22. The van der Waals surface area contributed by atoms with Gasteiger partial charge in [-0.2, -0.15) is 0 Å². The number of carbonyl (C=O) groups is 1. The first kappa shape index (κ1) is 36.7. The van der Waals surface area contributed by atoms with E-state index in [0.717, 1.165) is 44.5 Å². The van der Waals surface area contributed by atoms with Crippen molar-refractivity contribution in [1.82, 2.24) is 0 Å².